The Labute approximate surface area is 165 Å². The molecule has 2 amide bonds. The third-order valence-corrected chi connectivity index (χ3v) is 3.83. The van der Waals surface area contributed by atoms with Gasteiger partial charge in [-0.05, 0) is 30.3 Å². The van der Waals surface area contributed by atoms with Crippen molar-refractivity contribution in [1.82, 2.24) is 10.3 Å². The van der Waals surface area contributed by atoms with Gasteiger partial charge in [0, 0.05) is 35.8 Å². The molecule has 0 saturated heterocycles. The smallest absolute Gasteiger partial charge is 0.254 e. The van der Waals surface area contributed by atoms with Crippen molar-refractivity contribution < 1.29 is 23.1 Å². The topological polar surface area (TPSA) is 80.3 Å². The van der Waals surface area contributed by atoms with E-state index in [0.717, 1.165) is 17.7 Å². The molecule has 0 atom stereocenters. The molecule has 0 aliphatic rings. The van der Waals surface area contributed by atoms with Gasteiger partial charge in [0.1, 0.15) is 24.0 Å². The highest BCUT2D eigenvalue weighted by Crippen LogP contribution is 2.18. The minimum atomic E-state index is -0.999. The Morgan fingerprint density at radius 2 is 1.90 bits per heavy atom. The number of pyridine rings is 1. The maximum Gasteiger partial charge on any atom is 0.254 e. The van der Waals surface area contributed by atoms with E-state index in [0.29, 0.717) is 24.1 Å². The largest absolute Gasteiger partial charge is 0.489 e. The van der Waals surface area contributed by atoms with Gasteiger partial charge in [0.05, 0.1) is 12.1 Å². The average molecular weight is 397 g/mol. The summed E-state index contributed by atoms with van der Waals surface area (Å²) in [6, 6.07) is 13.0. The Hall–Kier alpha value is -3.81. The lowest BCUT2D eigenvalue weighted by molar-refractivity contribution is -0.115. The van der Waals surface area contributed by atoms with Crippen molar-refractivity contribution in [1.29, 1.82) is 0 Å². The summed E-state index contributed by atoms with van der Waals surface area (Å²) < 4.78 is 32.2. The number of carbonyl (C=O) groups excluding carboxylic acids is 2. The van der Waals surface area contributed by atoms with Gasteiger partial charge in [-0.1, -0.05) is 12.1 Å². The first-order valence-electron chi connectivity index (χ1n) is 8.66. The van der Waals surface area contributed by atoms with Crippen LogP contribution in [0, 0.1) is 11.6 Å². The average Bonchev–Trinajstić information content (AvgIpc) is 2.71. The van der Waals surface area contributed by atoms with E-state index >= 15 is 0 Å². The van der Waals surface area contributed by atoms with Crippen LogP contribution in [0.5, 0.6) is 5.75 Å². The normalized spacial score (nSPS) is 10.3. The highest BCUT2D eigenvalue weighted by molar-refractivity contribution is 5.99. The predicted molar refractivity (Wildman–Crippen MR) is 102 cm³/mol. The molecule has 8 heteroatoms. The van der Waals surface area contributed by atoms with Crippen LogP contribution >= 0.6 is 0 Å². The zero-order valence-corrected chi connectivity index (χ0v) is 15.2. The molecular weight excluding hydrogens is 380 g/mol. The molecule has 2 N–H and O–H groups in total. The van der Waals surface area contributed by atoms with Crippen LogP contribution in [-0.2, 0) is 11.4 Å². The first kappa shape index (κ1) is 19.9. The summed E-state index contributed by atoms with van der Waals surface area (Å²) in [7, 11) is 0. The van der Waals surface area contributed by atoms with Crippen molar-refractivity contribution in [2.75, 3.05) is 11.9 Å². The molecule has 0 saturated carbocycles. The van der Waals surface area contributed by atoms with Crippen LogP contribution in [0.2, 0.25) is 0 Å². The lowest BCUT2D eigenvalue weighted by atomic mass is 10.2. The second kappa shape index (κ2) is 9.41. The number of hydrogen-bond donors (Lipinski definition) is 2. The van der Waals surface area contributed by atoms with Crippen LogP contribution in [-0.4, -0.2) is 23.3 Å². The lowest BCUT2D eigenvalue weighted by Crippen LogP contribution is -2.33. The van der Waals surface area contributed by atoms with E-state index in [4.69, 9.17) is 4.74 Å². The van der Waals surface area contributed by atoms with Gasteiger partial charge in [-0.25, -0.2) is 8.78 Å². The molecule has 6 nitrogen and oxygen atoms in total. The molecule has 1 heterocycles. The number of nitrogens with one attached hydrogen (secondary N) is 2. The molecule has 0 bridgehead atoms. The van der Waals surface area contributed by atoms with Crippen LogP contribution in [0.4, 0.5) is 14.5 Å². The third-order valence-electron chi connectivity index (χ3n) is 3.83. The molecule has 148 valence electrons. The van der Waals surface area contributed by atoms with Gasteiger partial charge in [0.2, 0.25) is 5.91 Å². The first-order chi connectivity index (χ1) is 14.0. The number of ether oxygens (including phenoxy) is 1. The zero-order chi connectivity index (χ0) is 20.6. The predicted octanol–water partition coefficient (Wildman–Crippen LogP) is 3.31. The number of carbonyl (C=O) groups is 2. The fourth-order valence-corrected chi connectivity index (χ4v) is 2.45. The van der Waals surface area contributed by atoms with Gasteiger partial charge in [-0.2, -0.15) is 0 Å². The summed E-state index contributed by atoms with van der Waals surface area (Å²) in [5.41, 5.74) is 1.03. The molecule has 3 rings (SSSR count). The van der Waals surface area contributed by atoms with Crippen molar-refractivity contribution in [3.63, 3.8) is 0 Å². The SMILES string of the molecule is O=C(CNC(=O)c1ccc(F)cc1F)Nc1cccc(OCc2cccnc2)c1. The van der Waals surface area contributed by atoms with E-state index in [1.807, 2.05) is 6.07 Å². The zero-order valence-electron chi connectivity index (χ0n) is 15.2. The summed E-state index contributed by atoms with van der Waals surface area (Å²) in [5.74, 6) is -2.57. The van der Waals surface area contributed by atoms with Crippen LogP contribution < -0.4 is 15.4 Å². The molecular formula is C21H17F2N3O3. The van der Waals surface area contributed by atoms with Gasteiger partial charge < -0.3 is 15.4 Å². The van der Waals surface area contributed by atoms with Gasteiger partial charge in [0.25, 0.3) is 5.91 Å². The van der Waals surface area contributed by atoms with Gasteiger partial charge >= 0.3 is 0 Å². The summed E-state index contributed by atoms with van der Waals surface area (Å²) in [6.45, 7) is -0.0546. The van der Waals surface area contributed by atoms with Crippen molar-refractivity contribution in [3.8, 4) is 5.75 Å². The van der Waals surface area contributed by atoms with E-state index in [1.165, 1.54) is 0 Å². The molecule has 0 fully saturated rings. The fourth-order valence-electron chi connectivity index (χ4n) is 2.45. The highest BCUT2D eigenvalue weighted by Gasteiger charge is 2.13. The summed E-state index contributed by atoms with van der Waals surface area (Å²) in [5, 5.41) is 4.90. The molecule has 0 spiro atoms. The molecule has 29 heavy (non-hydrogen) atoms. The third kappa shape index (κ3) is 5.83. The lowest BCUT2D eigenvalue weighted by Gasteiger charge is -2.10. The summed E-state index contributed by atoms with van der Waals surface area (Å²) in [4.78, 5) is 28.0. The minimum absolute atomic E-state index is 0.324. The molecule has 0 unspecified atom stereocenters. The second-order valence-corrected chi connectivity index (χ2v) is 6.03. The summed E-state index contributed by atoms with van der Waals surface area (Å²) in [6.07, 6.45) is 3.36. The van der Waals surface area contributed by atoms with Crippen molar-refractivity contribution in [2.24, 2.45) is 0 Å². The molecule has 3 aromatic rings. The van der Waals surface area contributed by atoms with E-state index < -0.39 is 23.4 Å². The van der Waals surface area contributed by atoms with E-state index in [1.54, 1.807) is 42.7 Å². The van der Waals surface area contributed by atoms with E-state index in [-0.39, 0.29) is 12.1 Å². The monoisotopic (exact) mass is 397 g/mol. The fraction of sp³-hybridized carbons (Fsp3) is 0.0952. The Kier molecular flexibility index (Phi) is 6.47. The van der Waals surface area contributed by atoms with Gasteiger partial charge in [-0.15, -0.1) is 0 Å². The van der Waals surface area contributed by atoms with Crippen LogP contribution in [0.15, 0.2) is 67.0 Å². The molecule has 1 aromatic heterocycles. The number of halogens is 2. The minimum Gasteiger partial charge on any atom is -0.489 e. The standard InChI is InChI=1S/C21H17F2N3O3/c22-15-6-7-18(19(23)9-15)21(28)25-12-20(27)26-16-4-1-5-17(10-16)29-13-14-3-2-8-24-11-14/h1-11H,12-13H2,(H,25,28)(H,26,27). The second-order valence-electron chi connectivity index (χ2n) is 6.03. The Morgan fingerprint density at radius 1 is 1.03 bits per heavy atom. The van der Waals surface area contributed by atoms with Gasteiger partial charge in [0.15, 0.2) is 0 Å². The number of aromatic nitrogens is 1. The van der Waals surface area contributed by atoms with Gasteiger partial charge in [-0.3, -0.25) is 14.6 Å². The maximum absolute atomic E-state index is 13.6. The molecule has 2 aromatic carbocycles. The Balaban J connectivity index is 1.52. The van der Waals surface area contributed by atoms with Crippen molar-refractivity contribution in [3.05, 3.63) is 89.8 Å². The molecule has 0 radical (unpaired) electrons. The molecule has 0 aliphatic heterocycles. The van der Waals surface area contributed by atoms with E-state index in [2.05, 4.69) is 15.6 Å². The van der Waals surface area contributed by atoms with Crippen molar-refractivity contribution >= 4 is 17.5 Å². The number of rotatable bonds is 7. The Morgan fingerprint density at radius 3 is 2.66 bits per heavy atom. The Bertz CT molecular complexity index is 1010. The quantitative estimate of drug-likeness (QED) is 0.641. The number of benzene rings is 2. The molecule has 0 aliphatic carbocycles. The highest BCUT2D eigenvalue weighted by atomic mass is 19.1. The first-order valence-corrected chi connectivity index (χ1v) is 8.66. The number of hydrogen-bond acceptors (Lipinski definition) is 4. The van der Waals surface area contributed by atoms with E-state index in [9.17, 15) is 18.4 Å². The maximum atomic E-state index is 13.6. The number of anilines is 1. The van der Waals surface area contributed by atoms with Crippen LogP contribution in [0.1, 0.15) is 15.9 Å². The number of nitrogens with zero attached hydrogens (tertiary/aromatic N) is 1. The van der Waals surface area contributed by atoms with Crippen LogP contribution in [0.3, 0.4) is 0 Å². The summed E-state index contributed by atoms with van der Waals surface area (Å²) >= 11 is 0. The van der Waals surface area contributed by atoms with Crippen LogP contribution in [0.25, 0.3) is 0 Å². The number of amides is 2. The van der Waals surface area contributed by atoms with Crippen molar-refractivity contribution in [2.45, 2.75) is 6.61 Å².